The van der Waals surface area contributed by atoms with E-state index in [4.69, 9.17) is 32.7 Å². The van der Waals surface area contributed by atoms with Gasteiger partial charge < -0.3 is 14.8 Å². The van der Waals surface area contributed by atoms with Crippen molar-refractivity contribution in [1.82, 2.24) is 9.62 Å². The third kappa shape index (κ3) is 5.31. The normalized spacial score (nSPS) is 16.4. The van der Waals surface area contributed by atoms with Crippen LogP contribution in [0.15, 0.2) is 41.3 Å². The summed E-state index contributed by atoms with van der Waals surface area (Å²) in [6.07, 6.45) is 0.837. The van der Waals surface area contributed by atoms with Gasteiger partial charge in [0, 0.05) is 24.0 Å². The molecule has 10 heteroatoms. The van der Waals surface area contributed by atoms with E-state index in [2.05, 4.69) is 5.32 Å². The molecule has 2 aromatic carbocycles. The molecule has 1 amide bonds. The van der Waals surface area contributed by atoms with Gasteiger partial charge in [0.15, 0.2) is 11.5 Å². The van der Waals surface area contributed by atoms with Gasteiger partial charge in [0.1, 0.15) is 4.90 Å². The van der Waals surface area contributed by atoms with Crippen LogP contribution in [0.4, 0.5) is 0 Å². The molecule has 1 N–H and O–H groups in total. The SMILES string of the molecule is COc1ccc([C@@H](C)NC(=O)C2CCN(S(=O)(=O)c3cc(Cl)ccc3Cl)CC2)cc1OC. The Morgan fingerprint density at radius 1 is 1.06 bits per heavy atom. The number of benzene rings is 2. The highest BCUT2D eigenvalue weighted by Crippen LogP contribution is 2.32. The molecule has 1 saturated heterocycles. The average Bonchev–Trinajstić information content (AvgIpc) is 2.80. The van der Waals surface area contributed by atoms with Gasteiger partial charge in [-0.3, -0.25) is 4.79 Å². The quantitative estimate of drug-likeness (QED) is 0.612. The highest BCUT2D eigenvalue weighted by Gasteiger charge is 2.33. The van der Waals surface area contributed by atoms with Crippen molar-refractivity contribution >= 4 is 39.1 Å². The van der Waals surface area contributed by atoms with E-state index in [1.807, 2.05) is 19.1 Å². The highest BCUT2D eigenvalue weighted by molar-refractivity contribution is 7.89. The number of methoxy groups -OCH3 is 2. The monoisotopic (exact) mass is 500 g/mol. The molecule has 174 valence electrons. The van der Waals surface area contributed by atoms with Crippen molar-refractivity contribution in [3.63, 3.8) is 0 Å². The minimum Gasteiger partial charge on any atom is -0.493 e. The molecular formula is C22H26Cl2N2O5S. The van der Waals surface area contributed by atoms with E-state index >= 15 is 0 Å². The largest absolute Gasteiger partial charge is 0.493 e. The summed E-state index contributed by atoms with van der Waals surface area (Å²) in [5.41, 5.74) is 0.881. The molecule has 1 heterocycles. The van der Waals surface area contributed by atoms with Crippen molar-refractivity contribution in [3.8, 4) is 11.5 Å². The molecule has 0 aliphatic carbocycles. The van der Waals surface area contributed by atoms with Crippen LogP contribution >= 0.6 is 23.2 Å². The molecule has 0 saturated carbocycles. The molecule has 1 aliphatic rings. The van der Waals surface area contributed by atoms with E-state index in [1.54, 1.807) is 26.4 Å². The number of ether oxygens (including phenoxy) is 2. The fourth-order valence-corrected chi connectivity index (χ4v) is 5.92. The molecule has 0 aromatic heterocycles. The van der Waals surface area contributed by atoms with Crippen molar-refractivity contribution in [1.29, 1.82) is 0 Å². The topological polar surface area (TPSA) is 84.9 Å². The number of carbonyl (C=O) groups excluding carboxylic acids is 1. The second-order valence-corrected chi connectivity index (χ2v) is 10.3. The fourth-order valence-electron chi connectivity index (χ4n) is 3.71. The minimum atomic E-state index is -3.79. The summed E-state index contributed by atoms with van der Waals surface area (Å²) in [5, 5.41) is 3.44. The van der Waals surface area contributed by atoms with E-state index < -0.39 is 10.0 Å². The lowest BCUT2D eigenvalue weighted by molar-refractivity contribution is -0.126. The third-order valence-electron chi connectivity index (χ3n) is 5.60. The van der Waals surface area contributed by atoms with Crippen LogP contribution in [0, 0.1) is 5.92 Å². The second kappa shape index (κ2) is 10.3. The van der Waals surface area contributed by atoms with Crippen LogP contribution < -0.4 is 14.8 Å². The lowest BCUT2D eigenvalue weighted by Crippen LogP contribution is -2.43. The second-order valence-electron chi connectivity index (χ2n) is 7.60. The Morgan fingerprint density at radius 2 is 1.72 bits per heavy atom. The Kier molecular flexibility index (Phi) is 7.92. The Bertz CT molecular complexity index is 1090. The number of carbonyl (C=O) groups is 1. The lowest BCUT2D eigenvalue weighted by atomic mass is 9.96. The van der Waals surface area contributed by atoms with Gasteiger partial charge in [-0.2, -0.15) is 4.31 Å². The molecule has 3 rings (SSSR count). The maximum absolute atomic E-state index is 13.0. The number of amides is 1. The Labute approximate surface area is 198 Å². The number of nitrogens with zero attached hydrogens (tertiary/aromatic N) is 1. The summed E-state index contributed by atoms with van der Waals surface area (Å²) in [4.78, 5) is 12.8. The molecule has 0 spiro atoms. The number of sulfonamides is 1. The van der Waals surface area contributed by atoms with Crippen LogP contribution in [-0.4, -0.2) is 45.9 Å². The van der Waals surface area contributed by atoms with Gasteiger partial charge in [-0.15, -0.1) is 0 Å². The summed E-state index contributed by atoms with van der Waals surface area (Å²) >= 11 is 12.0. The molecule has 0 radical (unpaired) electrons. The van der Waals surface area contributed by atoms with E-state index in [9.17, 15) is 13.2 Å². The molecule has 0 unspecified atom stereocenters. The van der Waals surface area contributed by atoms with Crippen molar-refractivity contribution in [3.05, 3.63) is 52.0 Å². The van der Waals surface area contributed by atoms with Crippen molar-refractivity contribution < 1.29 is 22.7 Å². The van der Waals surface area contributed by atoms with E-state index in [-0.39, 0.29) is 40.9 Å². The van der Waals surface area contributed by atoms with Crippen LogP contribution in [0.2, 0.25) is 10.0 Å². The zero-order valence-corrected chi connectivity index (χ0v) is 20.4. The zero-order chi connectivity index (χ0) is 23.5. The summed E-state index contributed by atoms with van der Waals surface area (Å²) < 4.78 is 37.9. The molecule has 1 fully saturated rings. The maximum atomic E-state index is 13.0. The molecule has 0 bridgehead atoms. The van der Waals surface area contributed by atoms with E-state index in [0.29, 0.717) is 29.4 Å². The zero-order valence-electron chi connectivity index (χ0n) is 18.1. The third-order valence-corrected chi connectivity index (χ3v) is 8.22. The van der Waals surface area contributed by atoms with Crippen LogP contribution in [0.1, 0.15) is 31.4 Å². The number of halogens is 2. The highest BCUT2D eigenvalue weighted by atomic mass is 35.5. The summed E-state index contributed by atoms with van der Waals surface area (Å²) in [7, 11) is -0.661. The van der Waals surface area contributed by atoms with Crippen molar-refractivity contribution in [2.24, 2.45) is 5.92 Å². The maximum Gasteiger partial charge on any atom is 0.244 e. The Balaban J connectivity index is 1.62. The van der Waals surface area contributed by atoms with Gasteiger partial charge in [0.05, 0.1) is 25.3 Å². The van der Waals surface area contributed by atoms with E-state index in [0.717, 1.165) is 5.56 Å². The van der Waals surface area contributed by atoms with Crippen LogP contribution in [0.25, 0.3) is 0 Å². The fraction of sp³-hybridized carbons (Fsp3) is 0.409. The Hall–Kier alpha value is -2.00. The first kappa shape index (κ1) is 24.6. The minimum absolute atomic E-state index is 0.0170. The number of hydrogen-bond donors (Lipinski definition) is 1. The van der Waals surface area contributed by atoms with Gasteiger partial charge in [-0.1, -0.05) is 29.3 Å². The smallest absolute Gasteiger partial charge is 0.244 e. The molecule has 1 aliphatic heterocycles. The summed E-state index contributed by atoms with van der Waals surface area (Å²) in [6.45, 7) is 2.35. The predicted molar refractivity (Wildman–Crippen MR) is 124 cm³/mol. The van der Waals surface area contributed by atoms with Crippen LogP contribution in [-0.2, 0) is 14.8 Å². The lowest BCUT2D eigenvalue weighted by Gasteiger charge is -2.31. The summed E-state index contributed by atoms with van der Waals surface area (Å²) in [6, 6.07) is 9.61. The standard InChI is InChI=1S/C22H26Cl2N2O5S/c1-14(16-4-7-19(30-2)20(12-16)31-3)25-22(27)15-8-10-26(11-9-15)32(28,29)21-13-17(23)5-6-18(21)24/h4-7,12-15H,8-11H2,1-3H3,(H,25,27)/t14-/m1/s1. The molecule has 7 nitrogen and oxygen atoms in total. The number of rotatable bonds is 7. The van der Waals surface area contributed by atoms with Gasteiger partial charge >= 0.3 is 0 Å². The number of piperidine rings is 1. The van der Waals surface area contributed by atoms with Gasteiger partial charge in [-0.25, -0.2) is 8.42 Å². The first-order valence-electron chi connectivity index (χ1n) is 10.1. The molecular weight excluding hydrogens is 475 g/mol. The van der Waals surface area contributed by atoms with Crippen molar-refractivity contribution in [2.75, 3.05) is 27.3 Å². The van der Waals surface area contributed by atoms with Gasteiger partial charge in [-0.05, 0) is 55.7 Å². The first-order chi connectivity index (χ1) is 15.2. The number of nitrogens with one attached hydrogen (secondary N) is 1. The van der Waals surface area contributed by atoms with Crippen LogP contribution in [0.3, 0.4) is 0 Å². The number of hydrogen-bond acceptors (Lipinski definition) is 5. The van der Waals surface area contributed by atoms with Crippen molar-refractivity contribution in [2.45, 2.75) is 30.7 Å². The first-order valence-corrected chi connectivity index (χ1v) is 12.3. The van der Waals surface area contributed by atoms with Gasteiger partial charge in [0.2, 0.25) is 15.9 Å². The molecule has 32 heavy (non-hydrogen) atoms. The summed E-state index contributed by atoms with van der Waals surface area (Å²) in [5.74, 6) is 0.816. The average molecular weight is 501 g/mol. The van der Waals surface area contributed by atoms with Crippen LogP contribution in [0.5, 0.6) is 11.5 Å². The van der Waals surface area contributed by atoms with E-state index in [1.165, 1.54) is 16.4 Å². The predicted octanol–water partition coefficient (Wildman–Crippen LogP) is 4.29. The molecule has 1 atom stereocenters. The molecule has 2 aromatic rings. The Morgan fingerprint density at radius 3 is 2.34 bits per heavy atom. The van der Waals surface area contributed by atoms with Gasteiger partial charge in [0.25, 0.3) is 0 Å².